The third kappa shape index (κ3) is 6.55. The van der Waals surface area contributed by atoms with Crippen LogP contribution in [0.5, 0.6) is 0 Å². The molecule has 0 saturated carbocycles. The van der Waals surface area contributed by atoms with Crippen molar-refractivity contribution < 1.29 is 27.1 Å². The van der Waals surface area contributed by atoms with Crippen LogP contribution in [-0.2, 0) is 10.9 Å². The van der Waals surface area contributed by atoms with Gasteiger partial charge in [-0.05, 0) is 54.2 Å². The van der Waals surface area contributed by atoms with Crippen LogP contribution in [0.15, 0.2) is 48.5 Å². The number of nitrogens with zero attached hydrogens (tertiary/aromatic N) is 2. The summed E-state index contributed by atoms with van der Waals surface area (Å²) in [4.78, 5) is 17.1. The fourth-order valence-corrected chi connectivity index (χ4v) is 4.75. The summed E-state index contributed by atoms with van der Waals surface area (Å²) in [7, 11) is 0. The number of ether oxygens (including phenoxy) is 1. The van der Waals surface area contributed by atoms with E-state index in [4.69, 9.17) is 4.74 Å². The standard InChI is InChI=1S/C25H29F4N3O2/c26-23-3-1-2-20(13-23)24(33)30-14-18-12-21(19-4-6-22(7-5-19)25(27,28)29)16-32(15-18)17-31-8-10-34-11-9-31/h1-7,13,18,21H,8-12,14-17H2,(H,30,33). The number of nitrogens with one attached hydrogen (secondary N) is 1. The summed E-state index contributed by atoms with van der Waals surface area (Å²) in [5.41, 5.74) is 0.470. The van der Waals surface area contributed by atoms with Crippen LogP contribution in [0.2, 0.25) is 0 Å². The minimum Gasteiger partial charge on any atom is -0.379 e. The molecular weight excluding hydrogens is 450 g/mol. The quantitative estimate of drug-likeness (QED) is 0.637. The maximum Gasteiger partial charge on any atom is 0.416 e. The predicted molar refractivity (Wildman–Crippen MR) is 120 cm³/mol. The van der Waals surface area contributed by atoms with Crippen LogP contribution in [0.3, 0.4) is 0 Å². The van der Waals surface area contributed by atoms with Crippen LogP contribution in [0.1, 0.15) is 33.8 Å². The molecule has 0 aliphatic carbocycles. The fourth-order valence-electron chi connectivity index (χ4n) is 4.75. The van der Waals surface area contributed by atoms with E-state index in [1.165, 1.54) is 18.2 Å². The summed E-state index contributed by atoms with van der Waals surface area (Å²) in [6.07, 6.45) is -3.62. The Labute approximate surface area is 196 Å². The lowest BCUT2D eigenvalue weighted by Gasteiger charge is -2.41. The Morgan fingerprint density at radius 2 is 1.76 bits per heavy atom. The average Bonchev–Trinajstić information content (AvgIpc) is 2.82. The topological polar surface area (TPSA) is 44.8 Å². The van der Waals surface area contributed by atoms with Gasteiger partial charge in [0.2, 0.25) is 0 Å². The monoisotopic (exact) mass is 479 g/mol. The highest BCUT2D eigenvalue weighted by molar-refractivity contribution is 5.94. The predicted octanol–water partition coefficient (Wildman–Crippen LogP) is 3.97. The molecule has 2 heterocycles. The van der Waals surface area contributed by atoms with Gasteiger partial charge < -0.3 is 10.1 Å². The number of hydrogen-bond donors (Lipinski definition) is 1. The number of alkyl halides is 3. The maximum absolute atomic E-state index is 13.5. The second-order valence-corrected chi connectivity index (χ2v) is 9.05. The van der Waals surface area contributed by atoms with Crippen LogP contribution in [0, 0.1) is 11.7 Å². The zero-order valence-electron chi connectivity index (χ0n) is 18.9. The molecular formula is C25H29F4N3O2. The van der Waals surface area contributed by atoms with Gasteiger partial charge in [0.05, 0.1) is 25.4 Å². The number of carbonyl (C=O) groups is 1. The zero-order chi connectivity index (χ0) is 24.1. The third-order valence-corrected chi connectivity index (χ3v) is 6.46. The van der Waals surface area contributed by atoms with Gasteiger partial charge in [-0.25, -0.2) is 4.39 Å². The first-order valence-corrected chi connectivity index (χ1v) is 11.5. The normalized spacial score (nSPS) is 22.5. The van der Waals surface area contributed by atoms with Gasteiger partial charge in [-0.2, -0.15) is 13.2 Å². The highest BCUT2D eigenvalue weighted by Crippen LogP contribution is 2.34. The molecule has 2 unspecified atom stereocenters. The van der Waals surface area contributed by atoms with Gasteiger partial charge in [-0.3, -0.25) is 14.6 Å². The minimum absolute atomic E-state index is 0.0492. The van der Waals surface area contributed by atoms with E-state index in [1.54, 1.807) is 18.2 Å². The molecule has 2 aliphatic rings. The molecule has 0 bridgehead atoms. The lowest BCUT2D eigenvalue weighted by molar-refractivity contribution is -0.137. The van der Waals surface area contributed by atoms with Crippen LogP contribution < -0.4 is 5.32 Å². The molecule has 2 aromatic rings. The molecule has 1 amide bonds. The second-order valence-electron chi connectivity index (χ2n) is 9.05. The highest BCUT2D eigenvalue weighted by Gasteiger charge is 2.32. The van der Waals surface area contributed by atoms with Gasteiger partial charge in [0.1, 0.15) is 5.82 Å². The molecule has 5 nitrogen and oxygen atoms in total. The van der Waals surface area contributed by atoms with Crippen molar-refractivity contribution in [2.24, 2.45) is 5.92 Å². The van der Waals surface area contributed by atoms with E-state index in [9.17, 15) is 22.4 Å². The van der Waals surface area contributed by atoms with Crippen molar-refractivity contribution in [3.05, 3.63) is 71.0 Å². The molecule has 4 rings (SSSR count). The Hall–Kier alpha value is -2.49. The first-order valence-electron chi connectivity index (χ1n) is 11.5. The maximum atomic E-state index is 13.5. The summed E-state index contributed by atoms with van der Waals surface area (Å²) in [5, 5.41) is 2.91. The van der Waals surface area contributed by atoms with Crippen molar-refractivity contribution in [3.8, 4) is 0 Å². The SMILES string of the molecule is O=C(NCC1CC(c2ccc(C(F)(F)F)cc2)CN(CN2CCOCC2)C1)c1cccc(F)c1. The first kappa shape index (κ1) is 24.6. The Kier molecular flexibility index (Phi) is 7.85. The van der Waals surface area contributed by atoms with E-state index in [-0.39, 0.29) is 23.3 Å². The first-order chi connectivity index (χ1) is 16.3. The summed E-state index contributed by atoms with van der Waals surface area (Å²) in [6, 6.07) is 10.9. The number of rotatable bonds is 6. The van der Waals surface area contributed by atoms with Gasteiger partial charge in [0, 0.05) is 38.3 Å². The van der Waals surface area contributed by atoms with Crippen molar-refractivity contribution >= 4 is 5.91 Å². The number of likely N-dealkylation sites (tertiary alicyclic amines) is 1. The molecule has 0 aromatic heterocycles. The number of carbonyl (C=O) groups excluding carboxylic acids is 1. The lowest BCUT2D eigenvalue weighted by Crippen LogP contribution is -2.50. The molecule has 0 radical (unpaired) electrons. The Morgan fingerprint density at radius 1 is 1.03 bits per heavy atom. The van der Waals surface area contributed by atoms with Gasteiger partial charge in [-0.1, -0.05) is 18.2 Å². The molecule has 2 saturated heterocycles. The van der Waals surface area contributed by atoms with Crippen LogP contribution in [-0.4, -0.2) is 68.3 Å². The smallest absolute Gasteiger partial charge is 0.379 e. The molecule has 2 aliphatic heterocycles. The van der Waals surface area contributed by atoms with Crippen molar-refractivity contribution in [2.75, 3.05) is 52.6 Å². The molecule has 2 fully saturated rings. The lowest BCUT2D eigenvalue weighted by atomic mass is 9.84. The zero-order valence-corrected chi connectivity index (χ0v) is 18.9. The molecule has 184 valence electrons. The molecule has 9 heteroatoms. The molecule has 2 atom stereocenters. The number of hydrogen-bond acceptors (Lipinski definition) is 4. The number of morpholine rings is 1. The van der Waals surface area contributed by atoms with E-state index >= 15 is 0 Å². The molecule has 1 N–H and O–H groups in total. The van der Waals surface area contributed by atoms with Crippen molar-refractivity contribution in [2.45, 2.75) is 18.5 Å². The molecule has 0 spiro atoms. The van der Waals surface area contributed by atoms with E-state index < -0.39 is 17.6 Å². The molecule has 34 heavy (non-hydrogen) atoms. The fraction of sp³-hybridized carbons (Fsp3) is 0.480. The van der Waals surface area contributed by atoms with Crippen LogP contribution >= 0.6 is 0 Å². The summed E-state index contributed by atoms with van der Waals surface area (Å²) >= 11 is 0. The van der Waals surface area contributed by atoms with E-state index in [0.29, 0.717) is 19.8 Å². The number of piperidine rings is 1. The average molecular weight is 480 g/mol. The van der Waals surface area contributed by atoms with Gasteiger partial charge in [0.25, 0.3) is 5.91 Å². The van der Waals surface area contributed by atoms with Gasteiger partial charge in [-0.15, -0.1) is 0 Å². The third-order valence-electron chi connectivity index (χ3n) is 6.46. The summed E-state index contributed by atoms with van der Waals surface area (Å²) in [6.45, 7) is 5.69. The van der Waals surface area contributed by atoms with Crippen LogP contribution in [0.4, 0.5) is 17.6 Å². The largest absolute Gasteiger partial charge is 0.416 e. The Morgan fingerprint density at radius 3 is 2.44 bits per heavy atom. The molecule has 2 aromatic carbocycles. The van der Waals surface area contributed by atoms with E-state index in [1.807, 2.05) is 0 Å². The van der Waals surface area contributed by atoms with Crippen molar-refractivity contribution in [3.63, 3.8) is 0 Å². The van der Waals surface area contributed by atoms with Crippen LogP contribution in [0.25, 0.3) is 0 Å². The van der Waals surface area contributed by atoms with Crippen molar-refractivity contribution in [1.29, 1.82) is 0 Å². The van der Waals surface area contributed by atoms with Gasteiger partial charge >= 0.3 is 6.18 Å². The minimum atomic E-state index is -4.36. The summed E-state index contributed by atoms with van der Waals surface area (Å²) < 4.78 is 57.9. The van der Waals surface area contributed by atoms with E-state index in [0.717, 1.165) is 57.0 Å². The Balaban J connectivity index is 1.44. The van der Waals surface area contributed by atoms with Crippen molar-refractivity contribution in [1.82, 2.24) is 15.1 Å². The number of halogens is 4. The second kappa shape index (κ2) is 10.8. The van der Waals surface area contributed by atoms with Gasteiger partial charge in [0.15, 0.2) is 0 Å². The van der Waals surface area contributed by atoms with E-state index in [2.05, 4.69) is 15.1 Å². The summed E-state index contributed by atoms with van der Waals surface area (Å²) in [5.74, 6) is -0.645. The Bertz CT molecular complexity index is 961. The number of benzene rings is 2. The number of amides is 1. The highest BCUT2D eigenvalue weighted by atomic mass is 19.4.